The molecule has 0 amide bonds. The molecule has 4 nitrogen and oxygen atoms in total. The number of nitrogens with zero attached hydrogens (tertiary/aromatic N) is 2. The van der Waals surface area contributed by atoms with Gasteiger partial charge in [0.1, 0.15) is 6.61 Å². The standard InChI is InChI=1S/C20H17BN2O2/c1-21-23-18-12-16-10-6-5-9-15(16)11-17(18)22-19(23)20(24)25-13-14-7-3-2-4-8-14/h2-12,21H,13H2,1H3. The topological polar surface area (TPSA) is 44.1 Å². The Morgan fingerprint density at radius 3 is 2.44 bits per heavy atom. The van der Waals surface area contributed by atoms with Crippen LogP contribution in [0.3, 0.4) is 0 Å². The van der Waals surface area contributed by atoms with Gasteiger partial charge in [0.05, 0.1) is 11.0 Å². The van der Waals surface area contributed by atoms with Crippen LogP contribution in [0.1, 0.15) is 16.2 Å². The second kappa shape index (κ2) is 6.44. The van der Waals surface area contributed by atoms with Crippen molar-refractivity contribution in [3.63, 3.8) is 0 Å². The third-order valence-corrected chi connectivity index (χ3v) is 4.33. The minimum Gasteiger partial charge on any atom is -0.455 e. The van der Waals surface area contributed by atoms with E-state index in [4.69, 9.17) is 4.74 Å². The van der Waals surface area contributed by atoms with Crippen LogP contribution in [0.25, 0.3) is 21.8 Å². The van der Waals surface area contributed by atoms with Crippen LogP contribution < -0.4 is 0 Å². The molecule has 0 spiro atoms. The maximum Gasteiger partial charge on any atom is 0.373 e. The van der Waals surface area contributed by atoms with Gasteiger partial charge in [0.2, 0.25) is 13.2 Å². The lowest BCUT2D eigenvalue weighted by atomic mass is 9.98. The van der Waals surface area contributed by atoms with Crippen LogP contribution in [0.2, 0.25) is 6.82 Å². The predicted octanol–water partition coefficient (Wildman–Crippen LogP) is 3.79. The summed E-state index contributed by atoms with van der Waals surface area (Å²) >= 11 is 0. The Morgan fingerprint density at radius 2 is 1.72 bits per heavy atom. The number of benzene rings is 3. The zero-order valence-electron chi connectivity index (χ0n) is 14.0. The lowest BCUT2D eigenvalue weighted by molar-refractivity contribution is 0.0458. The second-order valence-electron chi connectivity index (χ2n) is 5.93. The average molecular weight is 328 g/mol. The van der Waals surface area contributed by atoms with Crippen molar-refractivity contribution in [2.75, 3.05) is 0 Å². The molecule has 0 saturated heterocycles. The van der Waals surface area contributed by atoms with Crippen molar-refractivity contribution in [3.8, 4) is 0 Å². The predicted molar refractivity (Wildman–Crippen MR) is 101 cm³/mol. The first-order chi connectivity index (χ1) is 12.3. The molecule has 0 unspecified atom stereocenters. The molecule has 1 heterocycles. The Labute approximate surface area is 146 Å². The van der Waals surface area contributed by atoms with Gasteiger partial charge in [-0.25, -0.2) is 9.78 Å². The van der Waals surface area contributed by atoms with E-state index in [-0.39, 0.29) is 6.61 Å². The lowest BCUT2D eigenvalue weighted by Crippen LogP contribution is -2.15. The molecule has 0 aliphatic carbocycles. The Morgan fingerprint density at radius 1 is 1.04 bits per heavy atom. The van der Waals surface area contributed by atoms with Gasteiger partial charge in [0, 0.05) is 0 Å². The molecular formula is C20H17BN2O2. The molecule has 0 N–H and O–H groups in total. The smallest absolute Gasteiger partial charge is 0.373 e. The SMILES string of the molecule is CBn1c(C(=O)OCc2ccccc2)nc2cc3ccccc3cc21. The van der Waals surface area contributed by atoms with E-state index in [9.17, 15) is 4.79 Å². The summed E-state index contributed by atoms with van der Waals surface area (Å²) in [5, 5.41) is 2.24. The van der Waals surface area contributed by atoms with Gasteiger partial charge < -0.3 is 9.21 Å². The van der Waals surface area contributed by atoms with Gasteiger partial charge >= 0.3 is 5.97 Å². The van der Waals surface area contributed by atoms with E-state index in [0.717, 1.165) is 27.4 Å². The van der Waals surface area contributed by atoms with Crippen LogP contribution in [0.15, 0.2) is 66.7 Å². The second-order valence-corrected chi connectivity index (χ2v) is 5.93. The number of esters is 1. The van der Waals surface area contributed by atoms with Crippen LogP contribution in [-0.4, -0.2) is 22.8 Å². The van der Waals surface area contributed by atoms with Gasteiger partial charge in [0.25, 0.3) is 0 Å². The molecule has 5 heteroatoms. The van der Waals surface area contributed by atoms with Crippen molar-refractivity contribution in [2.24, 2.45) is 0 Å². The van der Waals surface area contributed by atoms with Crippen molar-refractivity contribution in [2.45, 2.75) is 13.4 Å². The summed E-state index contributed by atoms with van der Waals surface area (Å²) in [7, 11) is 0.657. The molecular weight excluding hydrogens is 311 g/mol. The monoisotopic (exact) mass is 328 g/mol. The summed E-state index contributed by atoms with van der Waals surface area (Å²) in [6, 6.07) is 21.9. The summed E-state index contributed by atoms with van der Waals surface area (Å²) in [6.45, 7) is 2.25. The fourth-order valence-corrected chi connectivity index (χ4v) is 3.07. The third-order valence-electron chi connectivity index (χ3n) is 4.33. The number of imidazole rings is 1. The first-order valence-corrected chi connectivity index (χ1v) is 8.36. The van der Waals surface area contributed by atoms with E-state index in [1.165, 1.54) is 0 Å². The van der Waals surface area contributed by atoms with Crippen LogP contribution in [0.5, 0.6) is 0 Å². The fourth-order valence-electron chi connectivity index (χ4n) is 3.07. The van der Waals surface area contributed by atoms with Crippen LogP contribution in [-0.2, 0) is 11.3 Å². The van der Waals surface area contributed by atoms with Crippen molar-refractivity contribution >= 4 is 35.2 Å². The number of hydrogen-bond donors (Lipinski definition) is 0. The molecule has 25 heavy (non-hydrogen) atoms. The molecule has 3 aromatic carbocycles. The summed E-state index contributed by atoms with van der Waals surface area (Å²) in [5.41, 5.74) is 2.72. The number of ether oxygens (including phenoxy) is 1. The zero-order valence-corrected chi connectivity index (χ0v) is 14.0. The van der Waals surface area contributed by atoms with E-state index in [2.05, 4.69) is 17.1 Å². The number of fused-ring (bicyclic) bond motifs is 2. The van der Waals surface area contributed by atoms with Gasteiger partial charge in [-0.2, -0.15) is 0 Å². The molecule has 122 valence electrons. The van der Waals surface area contributed by atoms with Crippen LogP contribution in [0, 0.1) is 0 Å². The summed E-state index contributed by atoms with van der Waals surface area (Å²) in [6.07, 6.45) is 0. The third kappa shape index (κ3) is 2.89. The molecule has 4 aromatic rings. The molecule has 0 atom stereocenters. The summed E-state index contributed by atoms with van der Waals surface area (Å²) < 4.78 is 7.37. The lowest BCUT2D eigenvalue weighted by Gasteiger charge is -2.07. The Bertz CT molecular complexity index is 1060. The van der Waals surface area contributed by atoms with Crippen molar-refractivity contribution in [1.29, 1.82) is 0 Å². The van der Waals surface area contributed by atoms with E-state index in [1.54, 1.807) is 0 Å². The molecule has 0 saturated carbocycles. The maximum atomic E-state index is 12.6. The fraction of sp³-hybridized carbons (Fsp3) is 0.100. The number of hydrogen-bond acceptors (Lipinski definition) is 3. The van der Waals surface area contributed by atoms with Crippen molar-refractivity contribution in [3.05, 3.63) is 78.1 Å². The first kappa shape index (κ1) is 15.5. The van der Waals surface area contributed by atoms with Gasteiger partial charge in [0.15, 0.2) is 0 Å². The Hall–Kier alpha value is -3.08. The maximum absolute atomic E-state index is 12.6. The van der Waals surface area contributed by atoms with E-state index >= 15 is 0 Å². The molecule has 0 aliphatic rings. The minimum absolute atomic E-state index is 0.245. The molecule has 0 bridgehead atoms. The van der Waals surface area contributed by atoms with E-state index in [1.807, 2.05) is 65.9 Å². The molecule has 0 radical (unpaired) electrons. The summed E-state index contributed by atoms with van der Waals surface area (Å²) in [4.78, 5) is 17.1. The van der Waals surface area contributed by atoms with E-state index < -0.39 is 5.97 Å². The average Bonchev–Trinajstić information content (AvgIpc) is 3.02. The van der Waals surface area contributed by atoms with Gasteiger partial charge in [-0.1, -0.05) is 61.4 Å². The van der Waals surface area contributed by atoms with Crippen molar-refractivity contribution in [1.82, 2.24) is 9.46 Å². The highest BCUT2D eigenvalue weighted by Crippen LogP contribution is 2.23. The number of carbonyl (C=O) groups excluding carboxylic acids is 1. The van der Waals surface area contributed by atoms with E-state index in [0.29, 0.717) is 13.2 Å². The highest BCUT2D eigenvalue weighted by Gasteiger charge is 2.18. The first-order valence-electron chi connectivity index (χ1n) is 8.36. The molecule has 4 rings (SSSR count). The Balaban J connectivity index is 1.70. The van der Waals surface area contributed by atoms with Crippen LogP contribution in [0.4, 0.5) is 0 Å². The van der Waals surface area contributed by atoms with Crippen molar-refractivity contribution < 1.29 is 9.53 Å². The van der Waals surface area contributed by atoms with Crippen LogP contribution >= 0.6 is 0 Å². The summed E-state index contributed by atoms with van der Waals surface area (Å²) in [5.74, 6) is -0.0466. The zero-order chi connectivity index (χ0) is 17.2. The largest absolute Gasteiger partial charge is 0.455 e. The molecule has 0 fully saturated rings. The highest BCUT2D eigenvalue weighted by atomic mass is 16.5. The highest BCUT2D eigenvalue weighted by molar-refractivity contribution is 6.35. The Kier molecular flexibility index (Phi) is 3.98. The number of rotatable bonds is 4. The number of carbonyl (C=O) groups is 1. The van der Waals surface area contributed by atoms with Gasteiger partial charge in [-0.3, -0.25) is 0 Å². The quantitative estimate of drug-likeness (QED) is 0.423. The molecule has 1 aromatic heterocycles. The minimum atomic E-state index is -0.397. The van der Waals surface area contributed by atoms with Gasteiger partial charge in [-0.15, -0.1) is 0 Å². The van der Waals surface area contributed by atoms with Gasteiger partial charge in [-0.05, 0) is 28.5 Å². The number of aromatic nitrogens is 2. The normalized spacial score (nSPS) is 10.9. The molecule has 0 aliphatic heterocycles.